The van der Waals surface area contributed by atoms with Crippen LogP contribution >= 0.6 is 15.9 Å². The second-order valence-electron chi connectivity index (χ2n) is 4.76. The summed E-state index contributed by atoms with van der Waals surface area (Å²) in [4.78, 5) is 0.368. The highest BCUT2D eigenvalue weighted by Crippen LogP contribution is 2.23. The lowest BCUT2D eigenvalue weighted by atomic mass is 10.1. The van der Waals surface area contributed by atoms with Gasteiger partial charge in [-0.2, -0.15) is 0 Å². The van der Waals surface area contributed by atoms with E-state index in [1.54, 1.807) is 30.3 Å². The van der Waals surface area contributed by atoms with Crippen molar-refractivity contribution in [2.24, 2.45) is 0 Å². The predicted octanol–water partition coefficient (Wildman–Crippen LogP) is 4.37. The summed E-state index contributed by atoms with van der Waals surface area (Å²) in [6.07, 6.45) is 1.49. The first-order valence-electron chi connectivity index (χ1n) is 6.86. The molecule has 0 spiro atoms. The third-order valence-electron chi connectivity index (χ3n) is 3.31. The van der Waals surface area contributed by atoms with Crippen molar-refractivity contribution in [3.8, 4) is 0 Å². The van der Waals surface area contributed by atoms with Gasteiger partial charge in [-0.1, -0.05) is 41.9 Å². The minimum absolute atomic E-state index is 0.368. The number of sulfonamides is 1. The molecule has 21 heavy (non-hydrogen) atoms. The molecule has 0 saturated carbocycles. The van der Waals surface area contributed by atoms with E-state index in [9.17, 15) is 8.42 Å². The number of anilines is 1. The van der Waals surface area contributed by atoms with Gasteiger partial charge < -0.3 is 0 Å². The van der Waals surface area contributed by atoms with E-state index in [1.165, 1.54) is 0 Å². The van der Waals surface area contributed by atoms with Gasteiger partial charge in [0.1, 0.15) is 0 Å². The Morgan fingerprint density at radius 2 is 1.67 bits per heavy atom. The number of rotatable bonds is 5. The molecule has 0 aliphatic rings. The maximum atomic E-state index is 12.6. The van der Waals surface area contributed by atoms with Crippen molar-refractivity contribution in [2.75, 3.05) is 4.72 Å². The van der Waals surface area contributed by atoms with Crippen LogP contribution in [0.4, 0.5) is 5.69 Å². The van der Waals surface area contributed by atoms with E-state index in [4.69, 9.17) is 0 Å². The molecule has 2 rings (SSSR count). The zero-order chi connectivity index (χ0) is 15.5. The Labute approximate surface area is 134 Å². The Hall–Kier alpha value is -1.33. The number of nitrogens with one attached hydrogen (secondary N) is 1. The van der Waals surface area contributed by atoms with Gasteiger partial charge in [-0.05, 0) is 54.3 Å². The maximum absolute atomic E-state index is 12.6. The summed E-state index contributed by atoms with van der Waals surface area (Å²) in [7, 11) is -3.57. The van der Waals surface area contributed by atoms with E-state index in [-0.39, 0.29) is 0 Å². The van der Waals surface area contributed by atoms with Crippen LogP contribution in [0, 0.1) is 0 Å². The van der Waals surface area contributed by atoms with E-state index in [0.29, 0.717) is 17.0 Å². The number of hydrogen-bond donors (Lipinski definition) is 1. The second kappa shape index (κ2) is 6.62. The van der Waals surface area contributed by atoms with E-state index in [1.807, 2.05) is 26.0 Å². The van der Waals surface area contributed by atoms with Gasteiger partial charge in [0.05, 0.1) is 4.90 Å². The van der Waals surface area contributed by atoms with E-state index < -0.39 is 10.0 Å². The lowest BCUT2D eigenvalue weighted by Gasteiger charge is -2.13. The highest BCUT2D eigenvalue weighted by Gasteiger charge is 2.18. The highest BCUT2D eigenvalue weighted by molar-refractivity contribution is 9.10. The Balaban J connectivity index is 2.41. The van der Waals surface area contributed by atoms with Gasteiger partial charge in [-0.15, -0.1) is 0 Å². The topological polar surface area (TPSA) is 46.2 Å². The number of aryl methyl sites for hydroxylation is 2. The van der Waals surface area contributed by atoms with E-state index in [2.05, 4.69) is 20.7 Å². The van der Waals surface area contributed by atoms with Crippen LogP contribution in [0.2, 0.25) is 0 Å². The quantitative estimate of drug-likeness (QED) is 0.852. The normalized spacial score (nSPS) is 11.4. The average Bonchev–Trinajstić information content (AvgIpc) is 2.48. The molecular weight excluding hydrogens is 350 g/mol. The van der Waals surface area contributed by atoms with Crippen molar-refractivity contribution in [2.45, 2.75) is 31.6 Å². The van der Waals surface area contributed by atoms with Crippen LogP contribution in [0.1, 0.15) is 25.0 Å². The third-order valence-corrected chi connectivity index (χ3v) is 5.30. The van der Waals surface area contributed by atoms with Crippen LogP contribution in [0.5, 0.6) is 0 Å². The molecule has 0 radical (unpaired) electrons. The van der Waals surface area contributed by atoms with E-state index in [0.717, 1.165) is 22.0 Å². The lowest BCUT2D eigenvalue weighted by Crippen LogP contribution is -2.15. The Morgan fingerprint density at radius 3 is 2.24 bits per heavy atom. The maximum Gasteiger partial charge on any atom is 0.262 e. The fourth-order valence-electron chi connectivity index (χ4n) is 2.09. The van der Waals surface area contributed by atoms with Crippen molar-refractivity contribution in [1.82, 2.24) is 0 Å². The van der Waals surface area contributed by atoms with Crippen molar-refractivity contribution in [1.29, 1.82) is 0 Å². The Bertz CT molecular complexity index is 724. The minimum atomic E-state index is -3.57. The zero-order valence-electron chi connectivity index (χ0n) is 12.1. The molecule has 0 bridgehead atoms. The molecule has 0 aliphatic heterocycles. The average molecular weight is 368 g/mol. The van der Waals surface area contributed by atoms with Crippen LogP contribution in [-0.2, 0) is 22.9 Å². The van der Waals surface area contributed by atoms with Crippen molar-refractivity contribution in [3.05, 3.63) is 58.1 Å². The lowest BCUT2D eigenvalue weighted by molar-refractivity contribution is 0.600. The zero-order valence-corrected chi connectivity index (χ0v) is 14.5. The standard InChI is InChI=1S/C16H18BrNO2S/c1-3-12-5-6-13(4-2)16(11-12)21(19,20)18-15-9-7-14(17)8-10-15/h5-11,18H,3-4H2,1-2H3. The van der Waals surface area contributed by atoms with Crippen molar-refractivity contribution in [3.63, 3.8) is 0 Å². The van der Waals surface area contributed by atoms with Crippen LogP contribution in [0.25, 0.3) is 0 Å². The highest BCUT2D eigenvalue weighted by atomic mass is 79.9. The molecule has 0 heterocycles. The molecule has 0 atom stereocenters. The Morgan fingerprint density at radius 1 is 1.00 bits per heavy atom. The summed E-state index contributed by atoms with van der Waals surface area (Å²) in [6.45, 7) is 3.97. The summed E-state index contributed by atoms with van der Waals surface area (Å²) in [5.74, 6) is 0. The molecule has 0 saturated heterocycles. The molecule has 0 aromatic heterocycles. The van der Waals surface area contributed by atoms with Gasteiger partial charge in [0.15, 0.2) is 0 Å². The first kappa shape index (κ1) is 16.0. The smallest absolute Gasteiger partial charge is 0.262 e. The summed E-state index contributed by atoms with van der Waals surface area (Å²) < 4.78 is 28.8. The number of hydrogen-bond acceptors (Lipinski definition) is 2. The van der Waals surface area contributed by atoms with Crippen LogP contribution in [0.3, 0.4) is 0 Å². The van der Waals surface area contributed by atoms with Gasteiger partial charge in [0, 0.05) is 10.2 Å². The van der Waals surface area contributed by atoms with Gasteiger partial charge >= 0.3 is 0 Å². The predicted molar refractivity (Wildman–Crippen MR) is 90.1 cm³/mol. The van der Waals surface area contributed by atoms with Crippen molar-refractivity contribution >= 4 is 31.6 Å². The first-order valence-corrected chi connectivity index (χ1v) is 9.14. The molecule has 112 valence electrons. The molecule has 1 N–H and O–H groups in total. The molecule has 2 aromatic rings. The molecule has 0 fully saturated rings. The summed E-state index contributed by atoms with van der Waals surface area (Å²) >= 11 is 3.33. The fraction of sp³-hybridized carbons (Fsp3) is 0.250. The van der Waals surface area contributed by atoms with Gasteiger partial charge in [0.2, 0.25) is 0 Å². The largest absolute Gasteiger partial charge is 0.280 e. The van der Waals surface area contributed by atoms with Gasteiger partial charge in [-0.3, -0.25) is 4.72 Å². The van der Waals surface area contributed by atoms with Crippen LogP contribution in [-0.4, -0.2) is 8.42 Å². The molecule has 5 heteroatoms. The molecule has 3 nitrogen and oxygen atoms in total. The molecule has 0 aliphatic carbocycles. The molecule has 0 amide bonds. The first-order chi connectivity index (χ1) is 9.96. The monoisotopic (exact) mass is 367 g/mol. The second-order valence-corrected chi connectivity index (χ2v) is 7.33. The van der Waals surface area contributed by atoms with E-state index >= 15 is 0 Å². The summed E-state index contributed by atoms with van der Waals surface area (Å²) in [5.41, 5.74) is 2.40. The summed E-state index contributed by atoms with van der Waals surface area (Å²) in [6, 6.07) is 12.7. The van der Waals surface area contributed by atoms with Crippen LogP contribution < -0.4 is 4.72 Å². The molecule has 2 aromatic carbocycles. The molecule has 0 unspecified atom stereocenters. The minimum Gasteiger partial charge on any atom is -0.280 e. The molecular formula is C16H18BrNO2S. The Kier molecular flexibility index (Phi) is 5.06. The fourth-order valence-corrected chi connectivity index (χ4v) is 3.77. The summed E-state index contributed by atoms with van der Waals surface area (Å²) in [5, 5.41) is 0. The van der Waals surface area contributed by atoms with Crippen molar-refractivity contribution < 1.29 is 8.42 Å². The van der Waals surface area contributed by atoms with Crippen LogP contribution in [0.15, 0.2) is 51.8 Å². The number of halogens is 1. The third kappa shape index (κ3) is 3.86. The van der Waals surface area contributed by atoms with Gasteiger partial charge in [0.25, 0.3) is 10.0 Å². The van der Waals surface area contributed by atoms with Gasteiger partial charge in [-0.25, -0.2) is 8.42 Å². The number of benzene rings is 2. The SMILES string of the molecule is CCc1ccc(CC)c(S(=O)(=O)Nc2ccc(Br)cc2)c1.